The van der Waals surface area contributed by atoms with Crippen LogP contribution in [0.15, 0.2) is 18.2 Å². The van der Waals surface area contributed by atoms with E-state index >= 15 is 0 Å². The quantitative estimate of drug-likeness (QED) is 0.603. The molecule has 0 amide bonds. The van der Waals surface area contributed by atoms with Gasteiger partial charge in [-0.3, -0.25) is 0 Å². The van der Waals surface area contributed by atoms with Crippen LogP contribution in [0.4, 0.5) is 5.69 Å². The first-order valence-corrected chi connectivity index (χ1v) is 7.45. The highest BCUT2D eigenvalue weighted by Gasteiger charge is 2.08. The van der Waals surface area contributed by atoms with Crippen LogP contribution in [-0.2, 0) is 0 Å². The Hall–Kier alpha value is -0.980. The molecule has 0 aliphatic rings. The summed E-state index contributed by atoms with van der Waals surface area (Å²) in [7, 11) is 0. The van der Waals surface area contributed by atoms with Gasteiger partial charge in [0.05, 0.1) is 0 Å². The highest BCUT2D eigenvalue weighted by Crippen LogP contribution is 2.25. The van der Waals surface area contributed by atoms with Crippen LogP contribution >= 0.6 is 0 Å². The zero-order chi connectivity index (χ0) is 13.5. The summed E-state index contributed by atoms with van der Waals surface area (Å²) in [5.74, 6) is 0.618. The first-order valence-electron chi connectivity index (χ1n) is 7.45. The monoisotopic (exact) mass is 247 g/mol. The fraction of sp³-hybridized carbons (Fsp3) is 0.647. The van der Waals surface area contributed by atoms with E-state index in [0.29, 0.717) is 5.92 Å². The molecular weight excluding hydrogens is 218 g/mol. The maximum Gasteiger partial charge on any atom is 0.0396 e. The normalized spacial score (nSPS) is 11.0. The largest absolute Gasteiger partial charge is 0.372 e. The molecule has 1 aromatic rings. The molecule has 0 bridgehead atoms. The topological polar surface area (TPSA) is 3.24 Å². The van der Waals surface area contributed by atoms with Gasteiger partial charge in [-0.25, -0.2) is 0 Å². The molecule has 102 valence electrons. The third-order valence-electron chi connectivity index (χ3n) is 3.64. The first kappa shape index (κ1) is 15.1. The van der Waals surface area contributed by atoms with Crippen molar-refractivity contribution in [2.24, 2.45) is 0 Å². The predicted molar refractivity (Wildman–Crippen MR) is 82.7 cm³/mol. The molecule has 0 heterocycles. The Morgan fingerprint density at radius 1 is 1.11 bits per heavy atom. The van der Waals surface area contributed by atoms with Gasteiger partial charge in [0.2, 0.25) is 0 Å². The Bertz CT molecular complexity index is 355. The van der Waals surface area contributed by atoms with Gasteiger partial charge in [0.1, 0.15) is 0 Å². The van der Waals surface area contributed by atoms with Crippen molar-refractivity contribution in [1.82, 2.24) is 0 Å². The van der Waals surface area contributed by atoms with Crippen LogP contribution in [0.5, 0.6) is 0 Å². The minimum atomic E-state index is 0.618. The maximum atomic E-state index is 2.51. The summed E-state index contributed by atoms with van der Waals surface area (Å²) in [6.45, 7) is 13.6. The summed E-state index contributed by atoms with van der Waals surface area (Å²) in [5.41, 5.74) is 4.28. The predicted octanol–water partition coefficient (Wildman–Crippen LogP) is 5.13. The number of rotatable bonds is 7. The third-order valence-corrected chi connectivity index (χ3v) is 3.64. The first-order chi connectivity index (χ1) is 8.60. The van der Waals surface area contributed by atoms with Crippen LogP contribution in [0.2, 0.25) is 0 Å². The van der Waals surface area contributed by atoms with Gasteiger partial charge in [0, 0.05) is 18.8 Å². The summed E-state index contributed by atoms with van der Waals surface area (Å²) < 4.78 is 0. The van der Waals surface area contributed by atoms with E-state index in [-0.39, 0.29) is 0 Å². The van der Waals surface area contributed by atoms with Gasteiger partial charge in [-0.1, -0.05) is 45.7 Å². The van der Waals surface area contributed by atoms with E-state index in [0.717, 1.165) is 6.54 Å². The molecule has 18 heavy (non-hydrogen) atoms. The highest BCUT2D eigenvalue weighted by atomic mass is 15.1. The number of aryl methyl sites for hydroxylation is 1. The fourth-order valence-corrected chi connectivity index (χ4v) is 2.39. The van der Waals surface area contributed by atoms with Crippen molar-refractivity contribution >= 4 is 5.69 Å². The van der Waals surface area contributed by atoms with Gasteiger partial charge in [-0.05, 0) is 43.4 Å². The lowest BCUT2D eigenvalue weighted by atomic mass is 10.00. The molecule has 0 aromatic heterocycles. The Labute approximate surface area is 113 Å². The average Bonchev–Trinajstić information content (AvgIpc) is 2.35. The Morgan fingerprint density at radius 2 is 1.83 bits per heavy atom. The van der Waals surface area contributed by atoms with Gasteiger partial charge in [0.15, 0.2) is 0 Å². The molecule has 0 saturated heterocycles. The summed E-state index contributed by atoms with van der Waals surface area (Å²) in [6.07, 6.45) is 3.93. The van der Waals surface area contributed by atoms with E-state index in [4.69, 9.17) is 0 Å². The molecule has 1 rings (SSSR count). The van der Waals surface area contributed by atoms with E-state index in [2.05, 4.69) is 57.7 Å². The summed E-state index contributed by atoms with van der Waals surface area (Å²) in [5, 5.41) is 0. The van der Waals surface area contributed by atoms with Crippen molar-refractivity contribution in [2.45, 2.75) is 59.8 Å². The number of hydrogen-bond acceptors (Lipinski definition) is 1. The van der Waals surface area contributed by atoms with Crippen molar-refractivity contribution in [1.29, 1.82) is 0 Å². The SMILES string of the molecule is CCCCCN(CC)c1ccc(C(C)C)cc1C. The second-order valence-corrected chi connectivity index (χ2v) is 5.49. The van der Waals surface area contributed by atoms with Gasteiger partial charge < -0.3 is 4.90 Å². The van der Waals surface area contributed by atoms with Gasteiger partial charge in [-0.15, -0.1) is 0 Å². The van der Waals surface area contributed by atoms with Crippen molar-refractivity contribution in [3.8, 4) is 0 Å². The number of nitrogens with zero attached hydrogens (tertiary/aromatic N) is 1. The summed E-state index contributed by atoms with van der Waals surface area (Å²) in [6, 6.07) is 6.94. The zero-order valence-electron chi connectivity index (χ0n) is 12.8. The third kappa shape index (κ3) is 4.04. The lowest BCUT2D eigenvalue weighted by Gasteiger charge is -2.25. The number of anilines is 1. The second-order valence-electron chi connectivity index (χ2n) is 5.49. The van der Waals surface area contributed by atoms with Crippen LogP contribution < -0.4 is 4.90 Å². The molecular formula is C17H29N. The van der Waals surface area contributed by atoms with Crippen molar-refractivity contribution in [3.05, 3.63) is 29.3 Å². The molecule has 1 nitrogen and oxygen atoms in total. The minimum absolute atomic E-state index is 0.618. The molecule has 0 saturated carbocycles. The lowest BCUT2D eigenvalue weighted by Crippen LogP contribution is -2.24. The summed E-state index contributed by atoms with van der Waals surface area (Å²) in [4.78, 5) is 2.51. The van der Waals surface area contributed by atoms with Gasteiger partial charge in [0.25, 0.3) is 0 Å². The lowest BCUT2D eigenvalue weighted by molar-refractivity contribution is 0.684. The molecule has 0 spiro atoms. The van der Waals surface area contributed by atoms with Gasteiger partial charge in [-0.2, -0.15) is 0 Å². The van der Waals surface area contributed by atoms with Crippen molar-refractivity contribution in [3.63, 3.8) is 0 Å². The molecule has 0 unspecified atom stereocenters. The molecule has 0 aliphatic heterocycles. The molecule has 1 heteroatoms. The standard InChI is InChI=1S/C17H29N/c1-6-8-9-12-18(7-2)17-11-10-16(14(3)4)13-15(17)5/h10-11,13-14H,6-9,12H2,1-5H3. The summed E-state index contributed by atoms with van der Waals surface area (Å²) >= 11 is 0. The van der Waals surface area contributed by atoms with E-state index in [1.807, 2.05) is 0 Å². The van der Waals surface area contributed by atoms with Crippen molar-refractivity contribution < 1.29 is 0 Å². The number of benzene rings is 1. The van der Waals surface area contributed by atoms with Crippen LogP contribution in [0.3, 0.4) is 0 Å². The van der Waals surface area contributed by atoms with Crippen LogP contribution in [-0.4, -0.2) is 13.1 Å². The molecule has 0 radical (unpaired) electrons. The minimum Gasteiger partial charge on any atom is -0.372 e. The zero-order valence-corrected chi connectivity index (χ0v) is 12.8. The average molecular weight is 247 g/mol. The second kappa shape index (κ2) is 7.45. The Morgan fingerprint density at radius 3 is 2.33 bits per heavy atom. The van der Waals surface area contributed by atoms with Crippen LogP contribution in [0, 0.1) is 6.92 Å². The number of unbranched alkanes of at least 4 members (excludes halogenated alkanes) is 2. The van der Waals surface area contributed by atoms with E-state index in [9.17, 15) is 0 Å². The van der Waals surface area contributed by atoms with E-state index < -0.39 is 0 Å². The van der Waals surface area contributed by atoms with Crippen molar-refractivity contribution in [2.75, 3.05) is 18.0 Å². The number of hydrogen-bond donors (Lipinski definition) is 0. The van der Waals surface area contributed by atoms with Gasteiger partial charge >= 0.3 is 0 Å². The van der Waals surface area contributed by atoms with E-state index in [1.54, 1.807) is 0 Å². The molecule has 0 N–H and O–H groups in total. The van der Waals surface area contributed by atoms with Crippen LogP contribution in [0.25, 0.3) is 0 Å². The Kier molecular flexibility index (Phi) is 6.24. The molecule has 1 aromatic carbocycles. The fourth-order valence-electron chi connectivity index (χ4n) is 2.39. The highest BCUT2D eigenvalue weighted by molar-refractivity contribution is 5.54. The maximum absolute atomic E-state index is 2.51. The molecule has 0 fully saturated rings. The molecule has 0 aliphatic carbocycles. The Balaban J connectivity index is 2.79. The smallest absolute Gasteiger partial charge is 0.0396 e. The van der Waals surface area contributed by atoms with E-state index in [1.165, 1.54) is 42.6 Å². The van der Waals surface area contributed by atoms with Crippen LogP contribution in [0.1, 0.15) is 64.0 Å². The molecule has 0 atom stereocenters.